The average Bonchev–Trinajstić information content (AvgIpc) is 2.82. The maximum atomic E-state index is 13.5. The summed E-state index contributed by atoms with van der Waals surface area (Å²) >= 11 is 0. The number of anilines is 1. The maximum absolute atomic E-state index is 13.5. The third-order valence-corrected chi connectivity index (χ3v) is 5.95. The molecule has 8 heteroatoms. The molecule has 0 unspecified atom stereocenters. The standard InChI is InChI=1S/C25H27N3O5/c1-14-21(25(30)28-20-10-5-6-11-26-20)22(23-16(27-14)8-7-9-17(23)29)15-12-18(31-2)24(33-4)19(13-15)32-3/h5-6,10-13,22,27H,7-9H2,1-4H3,(H,26,28,30)/t22-/m0/s1. The van der Waals surface area contributed by atoms with Gasteiger partial charge in [0.25, 0.3) is 5.91 Å². The molecule has 1 aliphatic carbocycles. The fraction of sp³-hybridized carbons (Fsp3) is 0.320. The van der Waals surface area contributed by atoms with Gasteiger partial charge in [0.05, 0.1) is 21.3 Å². The quantitative estimate of drug-likeness (QED) is 0.694. The lowest BCUT2D eigenvalue weighted by Gasteiger charge is -2.34. The van der Waals surface area contributed by atoms with E-state index >= 15 is 0 Å². The van der Waals surface area contributed by atoms with Gasteiger partial charge in [-0.05, 0) is 49.6 Å². The molecule has 0 bridgehead atoms. The maximum Gasteiger partial charge on any atom is 0.255 e. The number of dihydropyridines is 1. The van der Waals surface area contributed by atoms with Crippen LogP contribution in [0.15, 0.2) is 59.1 Å². The normalized spacial score (nSPS) is 17.8. The zero-order valence-electron chi connectivity index (χ0n) is 19.2. The van der Waals surface area contributed by atoms with Crippen molar-refractivity contribution < 1.29 is 23.8 Å². The van der Waals surface area contributed by atoms with Gasteiger partial charge in [0.2, 0.25) is 5.75 Å². The van der Waals surface area contributed by atoms with Crippen molar-refractivity contribution in [2.75, 3.05) is 26.6 Å². The van der Waals surface area contributed by atoms with E-state index in [0.717, 1.165) is 18.5 Å². The lowest BCUT2D eigenvalue weighted by Crippen LogP contribution is -2.35. The molecule has 172 valence electrons. The van der Waals surface area contributed by atoms with Gasteiger partial charge in [-0.3, -0.25) is 9.59 Å². The zero-order valence-corrected chi connectivity index (χ0v) is 19.2. The number of nitrogens with one attached hydrogen (secondary N) is 2. The molecule has 8 nitrogen and oxygen atoms in total. The number of carbonyl (C=O) groups is 2. The predicted octanol–water partition coefficient (Wildman–Crippen LogP) is 3.71. The second-order valence-electron chi connectivity index (χ2n) is 7.89. The van der Waals surface area contributed by atoms with Crippen LogP contribution in [0.25, 0.3) is 0 Å². The monoisotopic (exact) mass is 449 g/mol. The average molecular weight is 450 g/mol. The van der Waals surface area contributed by atoms with Gasteiger partial charge in [0.1, 0.15) is 5.82 Å². The van der Waals surface area contributed by atoms with Crippen LogP contribution in [0, 0.1) is 0 Å². The first-order valence-corrected chi connectivity index (χ1v) is 10.7. The van der Waals surface area contributed by atoms with E-state index in [1.54, 1.807) is 36.5 Å². The van der Waals surface area contributed by atoms with Gasteiger partial charge in [-0.25, -0.2) is 4.98 Å². The second kappa shape index (κ2) is 9.36. The third kappa shape index (κ3) is 4.16. The molecule has 1 aromatic heterocycles. The molecule has 2 aliphatic rings. The number of aromatic nitrogens is 1. The Labute approximate surface area is 192 Å². The Balaban J connectivity index is 1.88. The van der Waals surface area contributed by atoms with Crippen molar-refractivity contribution in [1.82, 2.24) is 10.3 Å². The van der Waals surface area contributed by atoms with E-state index in [1.165, 1.54) is 21.3 Å². The number of hydrogen-bond acceptors (Lipinski definition) is 7. The fourth-order valence-corrected chi connectivity index (χ4v) is 4.51. The number of allylic oxidation sites excluding steroid dienone is 3. The number of ketones is 1. The number of benzene rings is 1. The van der Waals surface area contributed by atoms with Gasteiger partial charge in [-0.15, -0.1) is 0 Å². The van der Waals surface area contributed by atoms with Gasteiger partial charge < -0.3 is 24.8 Å². The number of nitrogens with zero attached hydrogens (tertiary/aromatic N) is 1. The predicted molar refractivity (Wildman–Crippen MR) is 123 cm³/mol. The number of pyridine rings is 1. The molecule has 2 aromatic rings. The molecule has 4 rings (SSSR count). The lowest BCUT2D eigenvalue weighted by atomic mass is 9.75. The van der Waals surface area contributed by atoms with Crippen LogP contribution < -0.4 is 24.8 Å². The number of rotatable bonds is 6. The summed E-state index contributed by atoms with van der Waals surface area (Å²) in [7, 11) is 4.61. The van der Waals surface area contributed by atoms with Crippen LogP contribution in [0.2, 0.25) is 0 Å². The van der Waals surface area contributed by atoms with Crippen molar-refractivity contribution in [3.05, 3.63) is 64.6 Å². The molecular weight excluding hydrogens is 422 g/mol. The summed E-state index contributed by atoms with van der Waals surface area (Å²) in [5, 5.41) is 6.18. The van der Waals surface area contributed by atoms with Crippen LogP contribution in [0.1, 0.15) is 37.7 Å². The van der Waals surface area contributed by atoms with E-state index in [-0.39, 0.29) is 11.7 Å². The topological polar surface area (TPSA) is 98.8 Å². The summed E-state index contributed by atoms with van der Waals surface area (Å²) in [6.07, 6.45) is 3.57. The highest BCUT2D eigenvalue weighted by molar-refractivity contribution is 6.09. The Bertz CT molecular complexity index is 1130. The summed E-state index contributed by atoms with van der Waals surface area (Å²) in [6, 6.07) is 8.88. The molecule has 0 saturated carbocycles. The second-order valence-corrected chi connectivity index (χ2v) is 7.89. The molecular formula is C25H27N3O5. The molecule has 0 saturated heterocycles. The number of carbonyl (C=O) groups excluding carboxylic acids is 2. The molecule has 0 spiro atoms. The lowest BCUT2D eigenvalue weighted by molar-refractivity contribution is -0.116. The van der Waals surface area contributed by atoms with E-state index in [9.17, 15) is 9.59 Å². The molecule has 1 aliphatic heterocycles. The minimum Gasteiger partial charge on any atom is -0.493 e. The summed E-state index contributed by atoms with van der Waals surface area (Å²) in [6.45, 7) is 1.85. The van der Waals surface area contributed by atoms with Crippen LogP contribution in [0.5, 0.6) is 17.2 Å². The fourth-order valence-electron chi connectivity index (χ4n) is 4.51. The van der Waals surface area contributed by atoms with Crippen molar-refractivity contribution in [2.24, 2.45) is 0 Å². The largest absolute Gasteiger partial charge is 0.493 e. The van der Waals surface area contributed by atoms with Crippen LogP contribution in [-0.2, 0) is 9.59 Å². The first kappa shape index (κ1) is 22.4. The van der Waals surface area contributed by atoms with Crippen LogP contribution in [0.3, 0.4) is 0 Å². The summed E-state index contributed by atoms with van der Waals surface area (Å²) in [4.78, 5) is 30.8. The Morgan fingerprint density at radius 2 is 1.82 bits per heavy atom. The Hall–Kier alpha value is -3.81. The van der Waals surface area contributed by atoms with Crippen molar-refractivity contribution in [1.29, 1.82) is 0 Å². The van der Waals surface area contributed by atoms with Gasteiger partial charge in [-0.1, -0.05) is 6.07 Å². The van der Waals surface area contributed by atoms with Gasteiger partial charge >= 0.3 is 0 Å². The number of hydrogen-bond donors (Lipinski definition) is 2. The van der Waals surface area contributed by atoms with Crippen molar-refractivity contribution in [2.45, 2.75) is 32.1 Å². The SMILES string of the molecule is COc1cc([C@H]2C(C(=O)Nc3ccccn3)=C(C)NC3=C2C(=O)CCC3)cc(OC)c1OC. The summed E-state index contributed by atoms with van der Waals surface area (Å²) in [5.41, 5.74) is 3.31. The number of amides is 1. The molecule has 0 fully saturated rings. The summed E-state index contributed by atoms with van der Waals surface area (Å²) < 4.78 is 16.5. The highest BCUT2D eigenvalue weighted by Gasteiger charge is 2.39. The van der Waals surface area contributed by atoms with E-state index in [2.05, 4.69) is 15.6 Å². The first-order chi connectivity index (χ1) is 16.0. The first-order valence-electron chi connectivity index (χ1n) is 10.7. The minimum atomic E-state index is -0.591. The molecule has 1 aromatic carbocycles. The van der Waals surface area contributed by atoms with Crippen molar-refractivity contribution in [3.63, 3.8) is 0 Å². The van der Waals surface area contributed by atoms with E-state index < -0.39 is 5.92 Å². The van der Waals surface area contributed by atoms with E-state index in [1.807, 2.05) is 6.92 Å². The van der Waals surface area contributed by atoms with Crippen LogP contribution >= 0.6 is 0 Å². The molecule has 33 heavy (non-hydrogen) atoms. The molecule has 0 radical (unpaired) electrons. The van der Waals surface area contributed by atoms with Crippen LogP contribution in [-0.4, -0.2) is 38.0 Å². The Morgan fingerprint density at radius 3 is 2.42 bits per heavy atom. The van der Waals surface area contributed by atoms with E-state index in [4.69, 9.17) is 14.2 Å². The van der Waals surface area contributed by atoms with Crippen LogP contribution in [0.4, 0.5) is 5.82 Å². The Morgan fingerprint density at radius 1 is 1.09 bits per heavy atom. The smallest absolute Gasteiger partial charge is 0.255 e. The van der Waals surface area contributed by atoms with Gasteiger partial charge in [0, 0.05) is 41.1 Å². The molecule has 2 N–H and O–H groups in total. The highest BCUT2D eigenvalue weighted by atomic mass is 16.5. The summed E-state index contributed by atoms with van der Waals surface area (Å²) in [5.74, 6) is 0.895. The highest BCUT2D eigenvalue weighted by Crippen LogP contribution is 2.47. The number of ether oxygens (including phenoxy) is 3. The van der Waals surface area contributed by atoms with E-state index in [0.29, 0.717) is 51.9 Å². The van der Waals surface area contributed by atoms with Gasteiger partial charge in [0.15, 0.2) is 17.3 Å². The third-order valence-electron chi connectivity index (χ3n) is 5.95. The molecule has 1 atom stereocenters. The number of Topliss-reactive ketones (excluding diaryl/α,β-unsaturated/α-hetero) is 1. The zero-order chi connectivity index (χ0) is 23.5. The molecule has 1 amide bonds. The van der Waals surface area contributed by atoms with Gasteiger partial charge in [-0.2, -0.15) is 0 Å². The van der Waals surface area contributed by atoms with Crippen molar-refractivity contribution >= 4 is 17.5 Å². The number of methoxy groups -OCH3 is 3. The van der Waals surface area contributed by atoms with Crippen molar-refractivity contribution in [3.8, 4) is 17.2 Å². The Kier molecular flexibility index (Phi) is 6.35. The molecule has 2 heterocycles. The minimum absolute atomic E-state index is 0.0261.